The number of aromatic nitrogens is 6. The molecule has 200 valence electrons. The van der Waals surface area contributed by atoms with Crippen molar-refractivity contribution in [2.45, 2.75) is 63.5 Å². The SMILES string of the molecule is Cn1cc(C(F)(F)F)nc1-c1ccc(CN(c2nc(Cl)nc3ncn(C4CCCCO4)c23)C2CCC2)cc1. The van der Waals surface area contributed by atoms with Crippen LogP contribution >= 0.6 is 11.6 Å². The van der Waals surface area contributed by atoms with Crippen LogP contribution in [0.15, 0.2) is 36.8 Å². The predicted octanol–water partition coefficient (Wildman–Crippen LogP) is 6.16. The fraction of sp³-hybridized carbons (Fsp3) is 0.462. The fourth-order valence-electron chi connectivity index (χ4n) is 5.17. The van der Waals surface area contributed by atoms with E-state index in [2.05, 4.69) is 24.8 Å². The molecule has 1 unspecified atom stereocenters. The van der Waals surface area contributed by atoms with Crippen molar-refractivity contribution in [3.05, 3.63) is 53.3 Å². The molecule has 1 aromatic carbocycles. The van der Waals surface area contributed by atoms with Crippen molar-refractivity contribution in [2.75, 3.05) is 11.5 Å². The minimum Gasteiger partial charge on any atom is -0.358 e. The second-order valence-corrected chi connectivity index (χ2v) is 10.3. The Balaban J connectivity index is 1.34. The highest BCUT2D eigenvalue weighted by atomic mass is 35.5. The molecule has 0 spiro atoms. The van der Waals surface area contributed by atoms with Crippen molar-refractivity contribution in [1.82, 2.24) is 29.1 Å². The van der Waals surface area contributed by atoms with Gasteiger partial charge in [-0.05, 0) is 55.7 Å². The highest BCUT2D eigenvalue weighted by Gasteiger charge is 2.35. The van der Waals surface area contributed by atoms with E-state index in [9.17, 15) is 13.2 Å². The molecule has 4 heterocycles. The van der Waals surface area contributed by atoms with Crippen molar-refractivity contribution < 1.29 is 17.9 Å². The zero-order chi connectivity index (χ0) is 26.4. The smallest absolute Gasteiger partial charge is 0.358 e. The van der Waals surface area contributed by atoms with Crippen LogP contribution in [0, 0.1) is 0 Å². The van der Waals surface area contributed by atoms with Gasteiger partial charge in [0, 0.05) is 38.0 Å². The van der Waals surface area contributed by atoms with Gasteiger partial charge < -0.3 is 14.2 Å². The fourth-order valence-corrected chi connectivity index (χ4v) is 5.33. The first-order chi connectivity index (χ1) is 18.3. The summed E-state index contributed by atoms with van der Waals surface area (Å²) >= 11 is 6.35. The van der Waals surface area contributed by atoms with Crippen LogP contribution in [-0.2, 0) is 24.5 Å². The van der Waals surface area contributed by atoms with E-state index < -0.39 is 11.9 Å². The molecule has 1 atom stereocenters. The molecule has 1 saturated carbocycles. The zero-order valence-corrected chi connectivity index (χ0v) is 21.6. The number of hydrogen-bond acceptors (Lipinski definition) is 6. The summed E-state index contributed by atoms with van der Waals surface area (Å²) in [6, 6.07) is 7.73. The number of imidazole rings is 2. The average molecular weight is 546 g/mol. The number of rotatable bonds is 6. The molecule has 2 fully saturated rings. The zero-order valence-electron chi connectivity index (χ0n) is 20.8. The number of nitrogens with zero attached hydrogens (tertiary/aromatic N) is 7. The molecule has 0 radical (unpaired) electrons. The van der Waals surface area contributed by atoms with E-state index in [-0.39, 0.29) is 23.4 Å². The Morgan fingerprint density at radius 2 is 1.84 bits per heavy atom. The summed E-state index contributed by atoms with van der Waals surface area (Å²) in [6.07, 6.45) is 4.35. The average Bonchev–Trinajstić information content (AvgIpc) is 3.47. The molecular formula is C26H27ClF3N7O. The van der Waals surface area contributed by atoms with Gasteiger partial charge in [0.15, 0.2) is 17.2 Å². The summed E-state index contributed by atoms with van der Waals surface area (Å²) < 4.78 is 48.8. The maximum Gasteiger partial charge on any atom is 0.434 e. The molecule has 6 rings (SSSR count). The summed E-state index contributed by atoms with van der Waals surface area (Å²) in [4.78, 5) is 19.6. The molecule has 0 bridgehead atoms. The lowest BCUT2D eigenvalue weighted by Gasteiger charge is -2.39. The van der Waals surface area contributed by atoms with Crippen LogP contribution in [0.1, 0.15) is 56.0 Å². The summed E-state index contributed by atoms with van der Waals surface area (Å²) in [7, 11) is 1.56. The molecule has 1 aliphatic carbocycles. The molecule has 0 N–H and O–H groups in total. The first-order valence-corrected chi connectivity index (χ1v) is 13.1. The summed E-state index contributed by atoms with van der Waals surface area (Å²) in [5, 5.41) is 0.136. The van der Waals surface area contributed by atoms with Crippen LogP contribution in [0.25, 0.3) is 22.6 Å². The van der Waals surface area contributed by atoms with E-state index >= 15 is 0 Å². The lowest BCUT2D eigenvalue weighted by Crippen LogP contribution is -2.40. The summed E-state index contributed by atoms with van der Waals surface area (Å²) in [5.41, 5.74) is 2.04. The Morgan fingerprint density at radius 1 is 1.05 bits per heavy atom. The minimum absolute atomic E-state index is 0.126. The first kappa shape index (κ1) is 25.1. The van der Waals surface area contributed by atoms with Gasteiger partial charge in [-0.25, -0.2) is 9.97 Å². The lowest BCUT2D eigenvalue weighted by atomic mass is 9.91. The van der Waals surface area contributed by atoms with Gasteiger partial charge in [-0.3, -0.25) is 4.57 Å². The molecular weight excluding hydrogens is 519 g/mol. The van der Waals surface area contributed by atoms with Crippen LogP contribution in [-0.4, -0.2) is 41.7 Å². The van der Waals surface area contributed by atoms with Crippen LogP contribution < -0.4 is 4.90 Å². The molecule has 38 heavy (non-hydrogen) atoms. The Bertz CT molecular complexity index is 1440. The number of benzene rings is 1. The number of aryl methyl sites for hydroxylation is 1. The maximum absolute atomic E-state index is 13.1. The number of anilines is 1. The van der Waals surface area contributed by atoms with E-state index in [1.54, 1.807) is 25.5 Å². The maximum atomic E-state index is 13.1. The van der Waals surface area contributed by atoms with Crippen molar-refractivity contribution in [1.29, 1.82) is 0 Å². The third-order valence-corrected chi connectivity index (χ3v) is 7.54. The van der Waals surface area contributed by atoms with Crippen LogP contribution in [0.4, 0.5) is 19.0 Å². The van der Waals surface area contributed by atoms with Gasteiger partial charge in [-0.1, -0.05) is 24.3 Å². The van der Waals surface area contributed by atoms with Crippen molar-refractivity contribution in [3.8, 4) is 11.4 Å². The molecule has 12 heteroatoms. The van der Waals surface area contributed by atoms with Gasteiger partial charge in [0.05, 0.1) is 6.33 Å². The van der Waals surface area contributed by atoms with Gasteiger partial charge in [-0.2, -0.15) is 23.1 Å². The molecule has 8 nitrogen and oxygen atoms in total. The largest absolute Gasteiger partial charge is 0.434 e. The van der Waals surface area contributed by atoms with Gasteiger partial charge in [0.25, 0.3) is 0 Å². The standard InChI is InChI=1S/C26H27ClF3N7O/c1-35-14-19(26(28,29)30)32-23(35)17-10-8-16(9-11-17)13-36(18-5-4-6-18)24-21-22(33-25(27)34-24)31-15-37(21)20-7-2-3-12-38-20/h8-11,14-15,18,20H,2-7,12-13H2,1H3. The Kier molecular flexibility index (Phi) is 6.51. The number of ether oxygens (including phenoxy) is 1. The minimum atomic E-state index is -4.49. The summed E-state index contributed by atoms with van der Waals surface area (Å²) in [5.74, 6) is 0.986. The van der Waals surface area contributed by atoms with Crippen LogP contribution in [0.5, 0.6) is 0 Å². The molecule has 2 aliphatic rings. The molecule has 4 aromatic rings. The second-order valence-electron chi connectivity index (χ2n) is 9.93. The van der Waals surface area contributed by atoms with E-state index in [0.29, 0.717) is 24.4 Å². The van der Waals surface area contributed by atoms with Gasteiger partial charge in [-0.15, -0.1) is 0 Å². The Morgan fingerprint density at radius 3 is 2.47 bits per heavy atom. The van der Waals surface area contributed by atoms with E-state index in [1.165, 1.54) is 4.57 Å². The third-order valence-electron chi connectivity index (χ3n) is 7.37. The summed E-state index contributed by atoms with van der Waals surface area (Å²) in [6.45, 7) is 1.26. The Labute approximate surface area is 222 Å². The highest BCUT2D eigenvalue weighted by Crippen LogP contribution is 2.37. The van der Waals surface area contributed by atoms with E-state index in [0.717, 1.165) is 61.6 Å². The quantitative estimate of drug-likeness (QED) is 0.270. The van der Waals surface area contributed by atoms with Crippen molar-refractivity contribution >= 4 is 28.6 Å². The molecule has 3 aromatic heterocycles. The number of hydrogen-bond donors (Lipinski definition) is 0. The van der Waals surface area contributed by atoms with Crippen LogP contribution in [0.3, 0.4) is 0 Å². The van der Waals surface area contributed by atoms with Crippen molar-refractivity contribution in [3.63, 3.8) is 0 Å². The lowest BCUT2D eigenvalue weighted by molar-refractivity contribution is -0.140. The van der Waals surface area contributed by atoms with Gasteiger partial charge in [0.1, 0.15) is 17.6 Å². The molecule has 1 aliphatic heterocycles. The topological polar surface area (TPSA) is 73.9 Å². The first-order valence-electron chi connectivity index (χ1n) is 12.8. The third kappa shape index (κ3) is 4.73. The van der Waals surface area contributed by atoms with Crippen LogP contribution in [0.2, 0.25) is 5.28 Å². The highest BCUT2D eigenvalue weighted by molar-refractivity contribution is 6.28. The van der Waals surface area contributed by atoms with E-state index in [1.807, 2.05) is 16.7 Å². The molecule has 0 amide bonds. The second kappa shape index (κ2) is 9.85. The molecule has 1 saturated heterocycles. The van der Waals surface area contributed by atoms with E-state index in [4.69, 9.17) is 16.3 Å². The number of alkyl halides is 3. The van der Waals surface area contributed by atoms with Gasteiger partial charge >= 0.3 is 6.18 Å². The van der Waals surface area contributed by atoms with Gasteiger partial charge in [0.2, 0.25) is 5.28 Å². The predicted molar refractivity (Wildman–Crippen MR) is 137 cm³/mol. The van der Waals surface area contributed by atoms with Crippen molar-refractivity contribution in [2.24, 2.45) is 7.05 Å². The Hall–Kier alpha value is -3.18. The number of fused-ring (bicyclic) bond motifs is 1. The number of halogens is 4. The normalized spacial score (nSPS) is 18.6. The monoisotopic (exact) mass is 545 g/mol.